The summed E-state index contributed by atoms with van der Waals surface area (Å²) in [4.78, 5) is 19.9. The average Bonchev–Trinajstić information content (AvgIpc) is 3.23. The van der Waals surface area contributed by atoms with Crippen LogP contribution in [-0.4, -0.2) is 52.6 Å². The molecule has 1 aliphatic rings. The fourth-order valence-electron chi connectivity index (χ4n) is 4.28. The van der Waals surface area contributed by atoms with E-state index < -0.39 is 0 Å². The van der Waals surface area contributed by atoms with Crippen LogP contribution >= 0.6 is 11.6 Å². The highest BCUT2D eigenvalue weighted by Gasteiger charge is 2.16. The first-order valence-corrected chi connectivity index (χ1v) is 12.4. The summed E-state index contributed by atoms with van der Waals surface area (Å²) in [7, 11) is 0. The second-order valence-corrected chi connectivity index (χ2v) is 9.53. The van der Waals surface area contributed by atoms with E-state index in [0.29, 0.717) is 17.5 Å². The topological polar surface area (TPSA) is 59.4 Å². The Labute approximate surface area is 206 Å². The molecule has 0 atom stereocenters. The summed E-state index contributed by atoms with van der Waals surface area (Å²) in [6.45, 7) is 8.02. The number of rotatable bonds is 9. The van der Waals surface area contributed by atoms with E-state index in [1.54, 1.807) is 0 Å². The normalized spacial score (nSPS) is 14.4. The third kappa shape index (κ3) is 6.61. The highest BCUT2D eigenvalue weighted by molar-refractivity contribution is 6.30. The maximum atomic E-state index is 12.5. The van der Waals surface area contributed by atoms with Gasteiger partial charge in [-0.25, -0.2) is 4.98 Å². The number of halogens is 1. The van der Waals surface area contributed by atoms with E-state index in [-0.39, 0.29) is 18.5 Å². The van der Waals surface area contributed by atoms with Crippen LogP contribution in [0.5, 0.6) is 5.75 Å². The molecule has 6 nitrogen and oxygen atoms in total. The van der Waals surface area contributed by atoms with Crippen molar-refractivity contribution in [3.8, 4) is 28.4 Å². The Kier molecular flexibility index (Phi) is 8.25. The molecule has 1 aliphatic heterocycles. The molecule has 1 amide bonds. The molecule has 1 fully saturated rings. The van der Waals surface area contributed by atoms with Crippen LogP contribution in [0.1, 0.15) is 33.1 Å². The zero-order chi connectivity index (χ0) is 23.9. The predicted molar refractivity (Wildman–Crippen MR) is 137 cm³/mol. The van der Waals surface area contributed by atoms with Gasteiger partial charge in [0.15, 0.2) is 0 Å². The number of nitrogens with zero attached hydrogens (tertiary/aromatic N) is 3. The summed E-state index contributed by atoms with van der Waals surface area (Å²) in [6.07, 6.45) is 5.82. The van der Waals surface area contributed by atoms with Gasteiger partial charge in [0.05, 0.1) is 5.69 Å². The van der Waals surface area contributed by atoms with Gasteiger partial charge in [-0.3, -0.25) is 9.69 Å². The third-order valence-corrected chi connectivity index (χ3v) is 6.11. The molecule has 34 heavy (non-hydrogen) atoms. The van der Waals surface area contributed by atoms with E-state index in [4.69, 9.17) is 21.3 Å². The number of hydrogen-bond acceptors (Lipinski definition) is 4. The van der Waals surface area contributed by atoms with Crippen LogP contribution in [0.3, 0.4) is 0 Å². The van der Waals surface area contributed by atoms with Gasteiger partial charge in [-0.1, -0.05) is 42.3 Å². The SMILES string of the molecule is CC(C)NC(=O)Cn1cc(-c2cccc(OCCN3CCCCC3)c2)nc1-c1cccc(Cl)c1. The van der Waals surface area contributed by atoms with E-state index in [1.807, 2.05) is 73.1 Å². The minimum atomic E-state index is -0.0583. The third-order valence-electron chi connectivity index (χ3n) is 5.88. The molecule has 0 saturated carbocycles. The summed E-state index contributed by atoms with van der Waals surface area (Å²) < 4.78 is 7.94. The van der Waals surface area contributed by atoms with Crippen molar-refractivity contribution < 1.29 is 9.53 Å². The Morgan fingerprint density at radius 2 is 1.85 bits per heavy atom. The van der Waals surface area contributed by atoms with E-state index >= 15 is 0 Å². The molecule has 1 N–H and O–H groups in total. The molecule has 2 aromatic carbocycles. The van der Waals surface area contributed by atoms with Crippen molar-refractivity contribution in [1.29, 1.82) is 0 Å². The second-order valence-electron chi connectivity index (χ2n) is 9.09. The van der Waals surface area contributed by atoms with Crippen molar-refractivity contribution in [3.05, 3.63) is 59.8 Å². The molecule has 1 saturated heterocycles. The maximum absolute atomic E-state index is 12.5. The molecule has 180 valence electrons. The summed E-state index contributed by atoms with van der Waals surface area (Å²) in [5.74, 6) is 1.47. The quantitative estimate of drug-likeness (QED) is 0.454. The van der Waals surface area contributed by atoms with Crippen molar-refractivity contribution in [1.82, 2.24) is 19.8 Å². The molecular weight excluding hydrogens is 448 g/mol. The van der Waals surface area contributed by atoms with Crippen LogP contribution in [-0.2, 0) is 11.3 Å². The number of likely N-dealkylation sites (tertiary alicyclic amines) is 1. The molecular formula is C27H33ClN4O2. The molecule has 2 heterocycles. The van der Waals surface area contributed by atoms with Gasteiger partial charge in [0.1, 0.15) is 24.7 Å². The van der Waals surface area contributed by atoms with E-state index in [2.05, 4.69) is 10.2 Å². The number of ether oxygens (including phenoxy) is 1. The maximum Gasteiger partial charge on any atom is 0.240 e. The van der Waals surface area contributed by atoms with Crippen LogP contribution in [0, 0.1) is 0 Å². The molecule has 0 aliphatic carbocycles. The summed E-state index contributed by atoms with van der Waals surface area (Å²) in [5, 5.41) is 3.58. The molecule has 1 aromatic heterocycles. The first-order valence-electron chi connectivity index (χ1n) is 12.1. The fraction of sp³-hybridized carbons (Fsp3) is 0.407. The highest BCUT2D eigenvalue weighted by atomic mass is 35.5. The van der Waals surface area contributed by atoms with Gasteiger partial charge in [-0.15, -0.1) is 0 Å². The number of imidazole rings is 1. The van der Waals surface area contributed by atoms with Crippen molar-refractivity contribution in [2.45, 2.75) is 45.7 Å². The van der Waals surface area contributed by atoms with E-state index in [9.17, 15) is 4.79 Å². The number of hydrogen-bond donors (Lipinski definition) is 1. The first-order chi connectivity index (χ1) is 16.5. The Balaban J connectivity index is 1.54. The van der Waals surface area contributed by atoms with E-state index in [1.165, 1.54) is 19.3 Å². The zero-order valence-corrected chi connectivity index (χ0v) is 20.7. The molecule has 0 radical (unpaired) electrons. The van der Waals surface area contributed by atoms with Crippen LogP contribution in [0.25, 0.3) is 22.6 Å². The lowest BCUT2D eigenvalue weighted by Crippen LogP contribution is -2.33. The zero-order valence-electron chi connectivity index (χ0n) is 20.0. The van der Waals surface area contributed by atoms with Gasteiger partial charge < -0.3 is 14.6 Å². The van der Waals surface area contributed by atoms with Crippen LogP contribution in [0.15, 0.2) is 54.7 Å². The number of aromatic nitrogens is 2. The standard InChI is InChI=1S/C27H33ClN4O2/c1-20(2)29-26(33)19-32-18-25(30-27(32)22-9-6-10-23(28)16-22)21-8-7-11-24(17-21)34-15-14-31-12-4-3-5-13-31/h6-11,16-18,20H,3-5,12-15,19H2,1-2H3,(H,29,33). The number of piperidine rings is 1. The monoisotopic (exact) mass is 480 g/mol. The van der Waals surface area contributed by atoms with Crippen molar-refractivity contribution in [3.63, 3.8) is 0 Å². The lowest BCUT2D eigenvalue weighted by Gasteiger charge is -2.26. The first kappa shape index (κ1) is 24.3. The number of amides is 1. The summed E-state index contributed by atoms with van der Waals surface area (Å²) in [6, 6.07) is 15.6. The van der Waals surface area contributed by atoms with Crippen LogP contribution in [0.4, 0.5) is 0 Å². The molecule has 7 heteroatoms. The summed E-state index contributed by atoms with van der Waals surface area (Å²) in [5.41, 5.74) is 2.60. The van der Waals surface area contributed by atoms with Crippen molar-refractivity contribution >= 4 is 17.5 Å². The van der Waals surface area contributed by atoms with Gasteiger partial charge in [-0.05, 0) is 64.0 Å². The van der Waals surface area contributed by atoms with Crippen LogP contribution < -0.4 is 10.1 Å². The van der Waals surface area contributed by atoms with Crippen molar-refractivity contribution in [2.75, 3.05) is 26.2 Å². The van der Waals surface area contributed by atoms with Gasteiger partial charge in [0, 0.05) is 34.9 Å². The smallest absolute Gasteiger partial charge is 0.240 e. The Morgan fingerprint density at radius 1 is 1.09 bits per heavy atom. The molecule has 0 spiro atoms. The minimum absolute atomic E-state index is 0.0583. The minimum Gasteiger partial charge on any atom is -0.492 e. The predicted octanol–water partition coefficient (Wildman–Crippen LogP) is 5.26. The largest absolute Gasteiger partial charge is 0.492 e. The Bertz CT molecular complexity index is 1110. The second kappa shape index (κ2) is 11.5. The summed E-state index contributed by atoms with van der Waals surface area (Å²) >= 11 is 6.23. The highest BCUT2D eigenvalue weighted by Crippen LogP contribution is 2.28. The Hall–Kier alpha value is -2.83. The Morgan fingerprint density at radius 3 is 2.62 bits per heavy atom. The van der Waals surface area contributed by atoms with Gasteiger partial charge in [0.25, 0.3) is 0 Å². The fourth-order valence-corrected chi connectivity index (χ4v) is 4.47. The molecule has 0 bridgehead atoms. The van der Waals surface area contributed by atoms with Crippen molar-refractivity contribution in [2.24, 2.45) is 0 Å². The number of nitrogens with one attached hydrogen (secondary N) is 1. The van der Waals surface area contributed by atoms with Gasteiger partial charge >= 0.3 is 0 Å². The van der Waals surface area contributed by atoms with Crippen LogP contribution in [0.2, 0.25) is 5.02 Å². The van der Waals surface area contributed by atoms with Gasteiger partial charge in [0.2, 0.25) is 5.91 Å². The number of carbonyl (C=O) groups excluding carboxylic acids is 1. The number of benzene rings is 2. The lowest BCUT2D eigenvalue weighted by atomic mass is 10.1. The number of carbonyl (C=O) groups is 1. The molecule has 3 aromatic rings. The van der Waals surface area contributed by atoms with E-state index in [0.717, 1.165) is 42.2 Å². The average molecular weight is 481 g/mol. The lowest BCUT2D eigenvalue weighted by molar-refractivity contribution is -0.122. The molecule has 0 unspecified atom stereocenters. The van der Waals surface area contributed by atoms with Gasteiger partial charge in [-0.2, -0.15) is 0 Å². The molecule has 4 rings (SSSR count).